The van der Waals surface area contributed by atoms with E-state index in [1.54, 1.807) is 0 Å². The van der Waals surface area contributed by atoms with Crippen LogP contribution in [-0.2, 0) is 14.4 Å². The molecular weight excluding hydrogens is 412 g/mol. The molecule has 4 aliphatic rings. The average molecular weight is 447 g/mol. The monoisotopic (exact) mass is 446 g/mol. The van der Waals surface area contributed by atoms with Crippen molar-refractivity contribution in [2.45, 2.75) is 57.0 Å². The summed E-state index contributed by atoms with van der Waals surface area (Å²) in [4.78, 5) is 33.2. The van der Waals surface area contributed by atoms with Gasteiger partial charge in [0, 0.05) is 12.1 Å². The van der Waals surface area contributed by atoms with E-state index in [1.165, 1.54) is 38.5 Å². The van der Waals surface area contributed by atoms with Gasteiger partial charge in [-0.2, -0.15) is 0 Å². The zero-order chi connectivity index (χ0) is 23.3. The maximum absolute atomic E-state index is 12.9. The number of carboxylic acid groups (broad SMARTS) is 2. The van der Waals surface area contributed by atoms with Gasteiger partial charge in [0.05, 0.1) is 6.04 Å². The Labute approximate surface area is 188 Å². The van der Waals surface area contributed by atoms with Gasteiger partial charge in [0.2, 0.25) is 5.91 Å². The van der Waals surface area contributed by atoms with Crippen molar-refractivity contribution in [2.75, 3.05) is 20.2 Å². The zero-order valence-corrected chi connectivity index (χ0v) is 18.8. The number of carbonyl (C=O) groups is 3. The molecule has 1 atom stereocenters. The van der Waals surface area contributed by atoms with Gasteiger partial charge in [-0.05, 0) is 82.4 Å². The van der Waals surface area contributed by atoms with Gasteiger partial charge in [-0.3, -0.25) is 9.69 Å². The Morgan fingerprint density at radius 2 is 1.53 bits per heavy atom. The SMILES string of the molecule is CC(C(=O)NC12CC3CC(CC(C3)C1)C2)N(C)CCOc1ccccc1.O=C(O)C(=O)O. The number of ether oxygens (including phenoxy) is 1. The standard InChI is InChI=1S/C22H32N2O2.C2H2O4/c1-16(24(2)8-9-26-20-6-4-3-5-7-20)21(25)23-22-13-17-10-18(14-22)12-19(11-17)15-22;3-1(4)2(5)6/h3-7,16-19H,8-15H2,1-2H3,(H,23,25);(H,3,4)(H,5,6). The van der Waals surface area contributed by atoms with Gasteiger partial charge >= 0.3 is 11.9 Å². The van der Waals surface area contributed by atoms with E-state index in [9.17, 15) is 4.79 Å². The summed E-state index contributed by atoms with van der Waals surface area (Å²) in [5, 5.41) is 18.3. The summed E-state index contributed by atoms with van der Waals surface area (Å²) in [6, 6.07) is 9.73. The molecule has 0 aromatic heterocycles. The molecule has 8 heteroatoms. The first-order valence-corrected chi connectivity index (χ1v) is 11.3. The van der Waals surface area contributed by atoms with Gasteiger partial charge in [-0.15, -0.1) is 0 Å². The Hall–Kier alpha value is -2.61. The molecule has 4 bridgehead atoms. The summed E-state index contributed by atoms with van der Waals surface area (Å²) in [7, 11) is 2.01. The van der Waals surface area contributed by atoms with Crippen molar-refractivity contribution in [1.82, 2.24) is 10.2 Å². The second-order valence-electron chi connectivity index (χ2n) is 9.62. The van der Waals surface area contributed by atoms with Crippen molar-refractivity contribution < 1.29 is 29.3 Å². The third-order valence-corrected chi connectivity index (χ3v) is 7.11. The number of nitrogens with zero attached hydrogens (tertiary/aromatic N) is 1. The molecule has 0 heterocycles. The summed E-state index contributed by atoms with van der Waals surface area (Å²) >= 11 is 0. The summed E-state index contributed by atoms with van der Waals surface area (Å²) in [6.07, 6.45) is 7.83. The van der Waals surface area contributed by atoms with Crippen LogP contribution in [0.5, 0.6) is 5.75 Å². The molecular formula is C24H34N2O6. The van der Waals surface area contributed by atoms with Crippen LogP contribution in [0, 0.1) is 17.8 Å². The molecule has 0 aliphatic heterocycles. The highest BCUT2D eigenvalue weighted by Gasteiger charge is 2.51. The van der Waals surface area contributed by atoms with E-state index in [0.29, 0.717) is 6.61 Å². The highest BCUT2D eigenvalue weighted by Crippen LogP contribution is 2.55. The van der Waals surface area contributed by atoms with Crippen molar-refractivity contribution in [3.63, 3.8) is 0 Å². The van der Waals surface area contributed by atoms with Crippen LogP contribution in [0.1, 0.15) is 45.4 Å². The lowest BCUT2D eigenvalue weighted by Crippen LogP contribution is -2.62. The summed E-state index contributed by atoms with van der Waals surface area (Å²) in [6.45, 7) is 3.35. The van der Waals surface area contributed by atoms with E-state index in [1.807, 2.05) is 44.3 Å². The number of carboxylic acids is 2. The van der Waals surface area contributed by atoms with Crippen molar-refractivity contribution in [3.8, 4) is 5.75 Å². The van der Waals surface area contributed by atoms with Crippen molar-refractivity contribution in [2.24, 2.45) is 17.8 Å². The normalized spacial score (nSPS) is 28.4. The second kappa shape index (κ2) is 10.3. The number of para-hydroxylation sites is 1. The lowest BCUT2D eigenvalue weighted by Gasteiger charge is -2.57. The zero-order valence-electron chi connectivity index (χ0n) is 18.8. The predicted octanol–water partition coefficient (Wildman–Crippen LogP) is 2.63. The number of nitrogens with one attached hydrogen (secondary N) is 1. The average Bonchev–Trinajstić information content (AvgIpc) is 2.73. The van der Waals surface area contributed by atoms with Crippen LogP contribution in [-0.4, -0.2) is 64.7 Å². The van der Waals surface area contributed by atoms with Gasteiger partial charge < -0.3 is 20.3 Å². The Bertz CT molecular complexity index is 765. The lowest BCUT2D eigenvalue weighted by atomic mass is 9.53. The summed E-state index contributed by atoms with van der Waals surface area (Å²) in [5.74, 6) is -0.0118. The first kappa shape index (κ1) is 24.0. The molecule has 1 aromatic carbocycles. The highest BCUT2D eigenvalue weighted by molar-refractivity contribution is 6.27. The smallest absolute Gasteiger partial charge is 0.414 e. The number of hydrogen-bond acceptors (Lipinski definition) is 5. The van der Waals surface area contributed by atoms with Crippen LogP contribution < -0.4 is 10.1 Å². The fraction of sp³-hybridized carbons (Fsp3) is 0.625. The van der Waals surface area contributed by atoms with Crippen LogP contribution in [0.15, 0.2) is 30.3 Å². The molecule has 5 rings (SSSR count). The fourth-order valence-corrected chi connectivity index (χ4v) is 5.85. The number of rotatable bonds is 7. The number of benzene rings is 1. The largest absolute Gasteiger partial charge is 0.492 e. The molecule has 4 aliphatic carbocycles. The van der Waals surface area contributed by atoms with Crippen molar-refractivity contribution >= 4 is 17.8 Å². The molecule has 1 amide bonds. The Balaban J connectivity index is 0.000000427. The van der Waals surface area contributed by atoms with Gasteiger partial charge in [-0.25, -0.2) is 9.59 Å². The van der Waals surface area contributed by atoms with Gasteiger partial charge in [0.25, 0.3) is 0 Å². The third-order valence-electron chi connectivity index (χ3n) is 7.11. The second-order valence-corrected chi connectivity index (χ2v) is 9.62. The maximum atomic E-state index is 12.9. The molecule has 0 radical (unpaired) electrons. The van der Waals surface area contributed by atoms with Crippen LogP contribution in [0.3, 0.4) is 0 Å². The molecule has 0 saturated heterocycles. The Morgan fingerprint density at radius 3 is 2.00 bits per heavy atom. The van der Waals surface area contributed by atoms with E-state index < -0.39 is 11.9 Å². The first-order valence-electron chi connectivity index (χ1n) is 11.3. The lowest BCUT2D eigenvalue weighted by molar-refractivity contribution is -0.159. The van der Waals surface area contributed by atoms with E-state index in [0.717, 1.165) is 30.0 Å². The number of hydrogen-bond donors (Lipinski definition) is 3. The Kier molecular flexibility index (Phi) is 7.77. The molecule has 8 nitrogen and oxygen atoms in total. The van der Waals surface area contributed by atoms with Crippen LogP contribution in [0.25, 0.3) is 0 Å². The number of likely N-dealkylation sites (N-methyl/N-ethyl adjacent to an activating group) is 1. The Morgan fingerprint density at radius 1 is 1.03 bits per heavy atom. The minimum Gasteiger partial charge on any atom is -0.492 e. The number of carbonyl (C=O) groups excluding carboxylic acids is 1. The van der Waals surface area contributed by atoms with E-state index in [4.69, 9.17) is 24.5 Å². The van der Waals surface area contributed by atoms with E-state index >= 15 is 0 Å². The predicted molar refractivity (Wildman–Crippen MR) is 118 cm³/mol. The van der Waals surface area contributed by atoms with Crippen molar-refractivity contribution in [1.29, 1.82) is 0 Å². The minimum absolute atomic E-state index is 0.0987. The molecule has 3 N–H and O–H groups in total. The minimum atomic E-state index is -1.82. The fourth-order valence-electron chi connectivity index (χ4n) is 5.85. The van der Waals surface area contributed by atoms with Gasteiger partial charge in [-0.1, -0.05) is 18.2 Å². The molecule has 4 saturated carbocycles. The van der Waals surface area contributed by atoms with Crippen molar-refractivity contribution in [3.05, 3.63) is 30.3 Å². The summed E-state index contributed by atoms with van der Waals surface area (Å²) < 4.78 is 5.77. The number of amides is 1. The van der Waals surface area contributed by atoms with Gasteiger partial charge in [0.15, 0.2) is 0 Å². The maximum Gasteiger partial charge on any atom is 0.414 e. The molecule has 1 aromatic rings. The molecule has 32 heavy (non-hydrogen) atoms. The third kappa shape index (κ3) is 6.22. The quantitative estimate of drug-likeness (QED) is 0.551. The van der Waals surface area contributed by atoms with E-state index in [2.05, 4.69) is 10.2 Å². The van der Waals surface area contributed by atoms with Crippen LogP contribution in [0.2, 0.25) is 0 Å². The van der Waals surface area contributed by atoms with Gasteiger partial charge in [0.1, 0.15) is 12.4 Å². The summed E-state index contributed by atoms with van der Waals surface area (Å²) in [5.41, 5.74) is 0.0987. The van der Waals surface area contributed by atoms with Crippen LogP contribution in [0.4, 0.5) is 0 Å². The topological polar surface area (TPSA) is 116 Å². The highest BCUT2D eigenvalue weighted by atomic mass is 16.5. The van der Waals surface area contributed by atoms with Crippen LogP contribution >= 0.6 is 0 Å². The molecule has 176 valence electrons. The van der Waals surface area contributed by atoms with E-state index in [-0.39, 0.29) is 17.5 Å². The molecule has 1 unspecified atom stereocenters. The molecule has 4 fully saturated rings. The first-order chi connectivity index (χ1) is 15.2. The number of aliphatic carboxylic acids is 2. The molecule has 0 spiro atoms.